The smallest absolute Gasteiger partial charge is 0.311 e. The molecule has 0 aliphatic rings. The van der Waals surface area contributed by atoms with Crippen molar-refractivity contribution >= 4 is 17.3 Å². The van der Waals surface area contributed by atoms with Crippen molar-refractivity contribution in [1.82, 2.24) is 0 Å². The highest BCUT2D eigenvalue weighted by Gasteiger charge is 2.35. The Morgan fingerprint density at radius 2 is 2.00 bits per heavy atom. The molecule has 0 saturated carbocycles. The van der Waals surface area contributed by atoms with E-state index in [1.54, 1.807) is 19.1 Å². The second kappa shape index (κ2) is 6.36. The van der Waals surface area contributed by atoms with Crippen LogP contribution in [0.4, 0.5) is 11.4 Å². The van der Waals surface area contributed by atoms with Gasteiger partial charge in [-0.25, -0.2) is 0 Å². The zero-order valence-electron chi connectivity index (χ0n) is 12.0. The van der Waals surface area contributed by atoms with Gasteiger partial charge < -0.3 is 10.4 Å². The third-order valence-corrected chi connectivity index (χ3v) is 3.86. The van der Waals surface area contributed by atoms with Crippen molar-refractivity contribution in [2.24, 2.45) is 5.41 Å². The van der Waals surface area contributed by atoms with Gasteiger partial charge in [0.15, 0.2) is 0 Å². The van der Waals surface area contributed by atoms with Crippen molar-refractivity contribution in [2.75, 3.05) is 11.9 Å². The van der Waals surface area contributed by atoms with E-state index in [2.05, 4.69) is 5.32 Å². The van der Waals surface area contributed by atoms with Crippen LogP contribution in [0.1, 0.15) is 32.3 Å². The number of benzene rings is 1. The molecule has 1 rings (SSSR count). The van der Waals surface area contributed by atoms with Crippen molar-refractivity contribution in [2.45, 2.75) is 33.6 Å². The molecule has 0 aliphatic heterocycles. The summed E-state index contributed by atoms with van der Waals surface area (Å²) in [5, 5.41) is 23.4. The van der Waals surface area contributed by atoms with E-state index in [4.69, 9.17) is 0 Å². The summed E-state index contributed by atoms with van der Waals surface area (Å²) < 4.78 is 0. The van der Waals surface area contributed by atoms with E-state index in [0.717, 1.165) is 5.56 Å². The van der Waals surface area contributed by atoms with Gasteiger partial charge in [0, 0.05) is 12.6 Å². The number of carbonyl (C=O) groups is 1. The fourth-order valence-electron chi connectivity index (χ4n) is 2.17. The van der Waals surface area contributed by atoms with Gasteiger partial charge in [0.1, 0.15) is 5.69 Å². The molecule has 0 unspecified atom stereocenters. The Hall–Kier alpha value is -2.11. The Kier molecular flexibility index (Phi) is 5.07. The second-order valence-corrected chi connectivity index (χ2v) is 4.87. The van der Waals surface area contributed by atoms with Gasteiger partial charge >= 0.3 is 5.97 Å². The minimum absolute atomic E-state index is 0.0310. The Balaban J connectivity index is 3.05. The van der Waals surface area contributed by atoms with Gasteiger partial charge in [0.05, 0.1) is 10.3 Å². The number of aryl methyl sites for hydroxylation is 1. The lowest BCUT2D eigenvalue weighted by Gasteiger charge is -2.27. The lowest BCUT2D eigenvalue weighted by molar-refractivity contribution is -0.384. The molecule has 0 aromatic heterocycles. The van der Waals surface area contributed by atoms with Crippen LogP contribution in [0.3, 0.4) is 0 Å². The molecule has 0 heterocycles. The summed E-state index contributed by atoms with van der Waals surface area (Å²) in [7, 11) is 0. The SMILES string of the molecule is CCC(CC)(CNc1c(C)cccc1[N+](=O)[O-])C(=O)O. The summed E-state index contributed by atoms with van der Waals surface area (Å²) in [4.78, 5) is 22.0. The number of nitro groups is 1. The zero-order chi connectivity index (χ0) is 15.3. The summed E-state index contributed by atoms with van der Waals surface area (Å²) in [5.74, 6) is -0.883. The van der Waals surface area contributed by atoms with Gasteiger partial charge in [-0.15, -0.1) is 0 Å². The van der Waals surface area contributed by atoms with E-state index < -0.39 is 16.3 Å². The lowest BCUT2D eigenvalue weighted by Crippen LogP contribution is -2.37. The first kappa shape index (κ1) is 15.9. The quantitative estimate of drug-likeness (QED) is 0.591. The highest BCUT2D eigenvalue weighted by atomic mass is 16.6. The number of rotatable bonds is 7. The third-order valence-electron chi connectivity index (χ3n) is 3.86. The maximum atomic E-state index is 11.4. The summed E-state index contributed by atoms with van der Waals surface area (Å²) in [6.07, 6.45) is 0.928. The number of anilines is 1. The number of nitro benzene ring substituents is 1. The van der Waals surface area contributed by atoms with Crippen molar-refractivity contribution in [3.8, 4) is 0 Å². The Bertz CT molecular complexity index is 510. The van der Waals surface area contributed by atoms with Gasteiger partial charge in [0.25, 0.3) is 5.69 Å². The standard InChI is InChI=1S/C14H20N2O4/c1-4-14(5-2,13(17)18)9-15-12-10(3)7-6-8-11(12)16(19)20/h6-8,15H,4-5,9H2,1-3H3,(H,17,18). The topological polar surface area (TPSA) is 92.5 Å². The van der Waals surface area contributed by atoms with Crippen molar-refractivity contribution in [3.05, 3.63) is 33.9 Å². The average Bonchev–Trinajstić information content (AvgIpc) is 2.41. The predicted molar refractivity (Wildman–Crippen MR) is 77.0 cm³/mol. The van der Waals surface area contributed by atoms with Crippen molar-refractivity contribution < 1.29 is 14.8 Å². The number of nitrogens with zero attached hydrogens (tertiary/aromatic N) is 1. The molecule has 0 bridgehead atoms. The fourth-order valence-corrected chi connectivity index (χ4v) is 2.17. The first-order chi connectivity index (χ1) is 9.38. The molecule has 0 atom stereocenters. The van der Waals surface area contributed by atoms with Crippen LogP contribution in [-0.2, 0) is 4.79 Å². The van der Waals surface area contributed by atoms with E-state index in [9.17, 15) is 20.0 Å². The minimum atomic E-state index is -0.907. The first-order valence-electron chi connectivity index (χ1n) is 6.59. The molecule has 20 heavy (non-hydrogen) atoms. The summed E-state index contributed by atoms with van der Waals surface area (Å²) >= 11 is 0. The molecular formula is C14H20N2O4. The Labute approximate surface area is 118 Å². The molecule has 110 valence electrons. The van der Waals surface area contributed by atoms with E-state index in [0.29, 0.717) is 18.5 Å². The molecule has 1 aromatic rings. The number of aliphatic carboxylic acids is 1. The summed E-state index contributed by atoms with van der Waals surface area (Å²) in [6.45, 7) is 5.55. The second-order valence-electron chi connectivity index (χ2n) is 4.87. The van der Waals surface area contributed by atoms with Crippen LogP contribution in [0, 0.1) is 22.5 Å². The molecule has 1 aromatic carbocycles. The summed E-state index contributed by atoms with van der Waals surface area (Å²) in [5.41, 5.74) is 0.183. The Morgan fingerprint density at radius 3 is 2.45 bits per heavy atom. The van der Waals surface area contributed by atoms with Crippen molar-refractivity contribution in [3.63, 3.8) is 0 Å². The molecule has 2 N–H and O–H groups in total. The Morgan fingerprint density at radius 1 is 1.40 bits per heavy atom. The molecule has 0 radical (unpaired) electrons. The molecule has 6 nitrogen and oxygen atoms in total. The van der Waals surface area contributed by atoms with Crippen LogP contribution in [0.5, 0.6) is 0 Å². The maximum Gasteiger partial charge on any atom is 0.311 e. The third kappa shape index (κ3) is 3.07. The van der Waals surface area contributed by atoms with E-state index >= 15 is 0 Å². The van der Waals surface area contributed by atoms with Crippen LogP contribution >= 0.6 is 0 Å². The number of para-hydroxylation sites is 1. The predicted octanol–water partition coefficient (Wildman–Crippen LogP) is 3.21. The van der Waals surface area contributed by atoms with Crippen LogP contribution in [0.25, 0.3) is 0 Å². The van der Waals surface area contributed by atoms with Gasteiger partial charge in [0.2, 0.25) is 0 Å². The van der Waals surface area contributed by atoms with Crippen LogP contribution in [-0.4, -0.2) is 22.5 Å². The molecule has 6 heteroatoms. The van der Waals surface area contributed by atoms with Crippen LogP contribution in [0.15, 0.2) is 18.2 Å². The van der Waals surface area contributed by atoms with Gasteiger partial charge in [-0.1, -0.05) is 26.0 Å². The molecule has 0 spiro atoms. The minimum Gasteiger partial charge on any atom is -0.481 e. The monoisotopic (exact) mass is 280 g/mol. The number of carboxylic acid groups (broad SMARTS) is 1. The zero-order valence-corrected chi connectivity index (χ0v) is 12.0. The lowest BCUT2D eigenvalue weighted by atomic mass is 9.82. The number of carboxylic acids is 1. The van der Waals surface area contributed by atoms with E-state index in [1.807, 2.05) is 13.8 Å². The largest absolute Gasteiger partial charge is 0.481 e. The maximum absolute atomic E-state index is 11.4. The molecule has 0 amide bonds. The van der Waals surface area contributed by atoms with Gasteiger partial charge in [-0.05, 0) is 25.3 Å². The van der Waals surface area contributed by atoms with Gasteiger partial charge in [-0.2, -0.15) is 0 Å². The molecule has 0 aliphatic carbocycles. The first-order valence-corrected chi connectivity index (χ1v) is 6.59. The van der Waals surface area contributed by atoms with E-state index in [-0.39, 0.29) is 12.2 Å². The fraction of sp³-hybridized carbons (Fsp3) is 0.500. The highest BCUT2D eigenvalue weighted by molar-refractivity contribution is 5.76. The highest BCUT2D eigenvalue weighted by Crippen LogP contribution is 2.32. The normalized spacial score (nSPS) is 11.2. The van der Waals surface area contributed by atoms with Crippen LogP contribution in [0.2, 0.25) is 0 Å². The summed E-state index contributed by atoms with van der Waals surface area (Å²) in [6, 6.07) is 4.79. The molecule has 0 fully saturated rings. The number of hydrogen-bond donors (Lipinski definition) is 2. The van der Waals surface area contributed by atoms with Gasteiger partial charge in [-0.3, -0.25) is 14.9 Å². The average molecular weight is 280 g/mol. The van der Waals surface area contributed by atoms with Crippen molar-refractivity contribution in [1.29, 1.82) is 0 Å². The number of nitrogens with one attached hydrogen (secondary N) is 1. The molecule has 0 saturated heterocycles. The van der Waals surface area contributed by atoms with E-state index in [1.165, 1.54) is 6.07 Å². The van der Waals surface area contributed by atoms with Crippen LogP contribution < -0.4 is 5.32 Å². The molecular weight excluding hydrogens is 260 g/mol. The number of hydrogen-bond acceptors (Lipinski definition) is 4.